The average Bonchev–Trinajstić information content (AvgIpc) is 2.71. The SMILES string of the molecule is Cc1ccc(CN)c(OC2CCOC2)c1. The minimum Gasteiger partial charge on any atom is -0.488 e. The zero-order valence-electron chi connectivity index (χ0n) is 9.03. The predicted octanol–water partition coefficient (Wildman–Crippen LogP) is 1.62. The molecule has 1 saturated heterocycles. The van der Waals surface area contributed by atoms with E-state index in [2.05, 4.69) is 13.0 Å². The molecule has 1 aromatic rings. The third-order valence-corrected chi connectivity index (χ3v) is 2.62. The van der Waals surface area contributed by atoms with Crippen LogP contribution in [0.2, 0.25) is 0 Å². The second-order valence-electron chi connectivity index (χ2n) is 3.92. The molecule has 3 nitrogen and oxygen atoms in total. The fraction of sp³-hybridized carbons (Fsp3) is 0.500. The van der Waals surface area contributed by atoms with Crippen molar-refractivity contribution >= 4 is 0 Å². The van der Waals surface area contributed by atoms with E-state index < -0.39 is 0 Å². The third kappa shape index (κ3) is 2.49. The number of nitrogens with two attached hydrogens (primary N) is 1. The maximum atomic E-state index is 5.87. The van der Waals surface area contributed by atoms with E-state index in [4.69, 9.17) is 15.2 Å². The summed E-state index contributed by atoms with van der Waals surface area (Å²) >= 11 is 0. The Kier molecular flexibility index (Phi) is 3.23. The number of hydrogen-bond donors (Lipinski definition) is 1. The first-order valence-electron chi connectivity index (χ1n) is 5.33. The minimum atomic E-state index is 0.192. The van der Waals surface area contributed by atoms with E-state index >= 15 is 0 Å². The molecule has 0 aliphatic carbocycles. The second-order valence-corrected chi connectivity index (χ2v) is 3.92. The van der Waals surface area contributed by atoms with Gasteiger partial charge in [-0.05, 0) is 18.6 Å². The van der Waals surface area contributed by atoms with Gasteiger partial charge in [0, 0.05) is 18.5 Å². The standard InChI is InChI=1S/C12H17NO2/c1-9-2-3-10(7-13)12(6-9)15-11-4-5-14-8-11/h2-3,6,11H,4-5,7-8,13H2,1H3. The molecule has 1 heterocycles. The van der Waals surface area contributed by atoms with Crippen molar-refractivity contribution in [3.8, 4) is 5.75 Å². The first-order chi connectivity index (χ1) is 7.29. The van der Waals surface area contributed by atoms with E-state index in [1.165, 1.54) is 5.56 Å². The van der Waals surface area contributed by atoms with Crippen LogP contribution in [0.3, 0.4) is 0 Å². The summed E-state index contributed by atoms with van der Waals surface area (Å²) in [7, 11) is 0. The topological polar surface area (TPSA) is 44.5 Å². The van der Waals surface area contributed by atoms with Gasteiger partial charge < -0.3 is 15.2 Å². The largest absolute Gasteiger partial charge is 0.488 e. The Hall–Kier alpha value is -1.06. The highest BCUT2D eigenvalue weighted by atomic mass is 16.5. The van der Waals surface area contributed by atoms with E-state index in [9.17, 15) is 0 Å². The molecule has 15 heavy (non-hydrogen) atoms. The number of rotatable bonds is 3. The smallest absolute Gasteiger partial charge is 0.124 e. The first kappa shape index (κ1) is 10.5. The van der Waals surface area contributed by atoms with Crippen LogP contribution < -0.4 is 10.5 Å². The highest BCUT2D eigenvalue weighted by molar-refractivity contribution is 5.37. The summed E-state index contributed by atoms with van der Waals surface area (Å²) in [4.78, 5) is 0. The van der Waals surface area contributed by atoms with Crippen molar-refractivity contribution < 1.29 is 9.47 Å². The molecule has 1 aliphatic rings. The van der Waals surface area contributed by atoms with Gasteiger partial charge in [-0.15, -0.1) is 0 Å². The molecule has 2 N–H and O–H groups in total. The molecule has 82 valence electrons. The van der Waals surface area contributed by atoms with Crippen LogP contribution in [-0.4, -0.2) is 19.3 Å². The van der Waals surface area contributed by atoms with Crippen molar-refractivity contribution in [3.05, 3.63) is 29.3 Å². The zero-order valence-corrected chi connectivity index (χ0v) is 9.03. The number of aryl methyl sites for hydroxylation is 1. The Balaban J connectivity index is 2.14. The monoisotopic (exact) mass is 207 g/mol. The highest BCUT2D eigenvalue weighted by Crippen LogP contribution is 2.23. The van der Waals surface area contributed by atoms with Crippen LogP contribution in [0.25, 0.3) is 0 Å². The average molecular weight is 207 g/mol. The summed E-state index contributed by atoms with van der Waals surface area (Å²) in [6.45, 7) is 4.06. The molecule has 1 atom stereocenters. The fourth-order valence-corrected chi connectivity index (χ4v) is 1.73. The van der Waals surface area contributed by atoms with Crippen molar-refractivity contribution in [2.45, 2.75) is 26.0 Å². The zero-order chi connectivity index (χ0) is 10.7. The summed E-state index contributed by atoms with van der Waals surface area (Å²) in [5, 5.41) is 0. The second kappa shape index (κ2) is 4.64. The van der Waals surface area contributed by atoms with Crippen LogP contribution in [0.1, 0.15) is 17.5 Å². The van der Waals surface area contributed by atoms with E-state index in [-0.39, 0.29) is 6.10 Å². The molecular weight excluding hydrogens is 190 g/mol. The summed E-state index contributed by atoms with van der Waals surface area (Å²) in [5.41, 5.74) is 7.92. The minimum absolute atomic E-state index is 0.192. The van der Waals surface area contributed by atoms with Gasteiger partial charge in [-0.3, -0.25) is 0 Å². The van der Waals surface area contributed by atoms with Gasteiger partial charge in [-0.2, -0.15) is 0 Å². The molecule has 1 aliphatic heterocycles. The van der Waals surface area contributed by atoms with E-state index in [0.717, 1.165) is 24.3 Å². The van der Waals surface area contributed by atoms with Gasteiger partial charge in [0.05, 0.1) is 13.2 Å². The number of hydrogen-bond acceptors (Lipinski definition) is 3. The molecule has 0 amide bonds. The summed E-state index contributed by atoms with van der Waals surface area (Å²) in [6, 6.07) is 6.13. The Morgan fingerprint density at radius 3 is 3.07 bits per heavy atom. The lowest BCUT2D eigenvalue weighted by atomic mass is 10.1. The number of benzene rings is 1. The Morgan fingerprint density at radius 1 is 1.53 bits per heavy atom. The van der Waals surface area contributed by atoms with E-state index in [1.54, 1.807) is 0 Å². The van der Waals surface area contributed by atoms with Gasteiger partial charge in [0.2, 0.25) is 0 Å². The molecule has 2 rings (SSSR count). The van der Waals surface area contributed by atoms with E-state index in [1.807, 2.05) is 12.1 Å². The van der Waals surface area contributed by atoms with Gasteiger partial charge in [0.15, 0.2) is 0 Å². The van der Waals surface area contributed by atoms with Crippen molar-refractivity contribution in [2.75, 3.05) is 13.2 Å². The Morgan fingerprint density at radius 2 is 2.40 bits per heavy atom. The van der Waals surface area contributed by atoms with Crippen LogP contribution in [0.4, 0.5) is 0 Å². The molecule has 0 spiro atoms. The highest BCUT2D eigenvalue weighted by Gasteiger charge is 2.18. The lowest BCUT2D eigenvalue weighted by Crippen LogP contribution is -2.17. The third-order valence-electron chi connectivity index (χ3n) is 2.62. The van der Waals surface area contributed by atoms with Gasteiger partial charge in [0.25, 0.3) is 0 Å². The van der Waals surface area contributed by atoms with Crippen molar-refractivity contribution in [1.82, 2.24) is 0 Å². The van der Waals surface area contributed by atoms with Crippen molar-refractivity contribution in [3.63, 3.8) is 0 Å². The number of ether oxygens (including phenoxy) is 2. The molecule has 0 bridgehead atoms. The molecule has 0 saturated carbocycles. The van der Waals surface area contributed by atoms with Gasteiger partial charge in [-0.1, -0.05) is 12.1 Å². The van der Waals surface area contributed by atoms with Gasteiger partial charge in [0.1, 0.15) is 11.9 Å². The van der Waals surface area contributed by atoms with E-state index in [0.29, 0.717) is 13.2 Å². The lowest BCUT2D eigenvalue weighted by Gasteiger charge is -2.15. The lowest BCUT2D eigenvalue weighted by molar-refractivity contribution is 0.140. The predicted molar refractivity (Wildman–Crippen MR) is 58.9 cm³/mol. The van der Waals surface area contributed by atoms with Crippen LogP contribution in [0.5, 0.6) is 5.75 Å². The Bertz CT molecular complexity index is 332. The molecule has 1 unspecified atom stereocenters. The summed E-state index contributed by atoms with van der Waals surface area (Å²) in [5.74, 6) is 0.910. The molecule has 0 radical (unpaired) electrons. The molecule has 1 fully saturated rings. The molecule has 1 aromatic carbocycles. The van der Waals surface area contributed by atoms with Crippen LogP contribution in [0.15, 0.2) is 18.2 Å². The fourth-order valence-electron chi connectivity index (χ4n) is 1.73. The molecule has 3 heteroatoms. The Labute approximate surface area is 90.2 Å². The maximum Gasteiger partial charge on any atom is 0.124 e. The molecular formula is C12H17NO2. The summed E-state index contributed by atoms with van der Waals surface area (Å²) < 4.78 is 11.1. The van der Waals surface area contributed by atoms with Crippen LogP contribution in [-0.2, 0) is 11.3 Å². The van der Waals surface area contributed by atoms with Crippen molar-refractivity contribution in [2.24, 2.45) is 5.73 Å². The quantitative estimate of drug-likeness (QED) is 0.819. The van der Waals surface area contributed by atoms with Crippen LogP contribution in [0, 0.1) is 6.92 Å². The molecule has 0 aromatic heterocycles. The van der Waals surface area contributed by atoms with Gasteiger partial charge in [-0.25, -0.2) is 0 Å². The first-order valence-corrected chi connectivity index (χ1v) is 5.33. The summed E-state index contributed by atoms with van der Waals surface area (Å²) in [6.07, 6.45) is 1.16. The van der Waals surface area contributed by atoms with Crippen molar-refractivity contribution in [1.29, 1.82) is 0 Å². The van der Waals surface area contributed by atoms with Gasteiger partial charge >= 0.3 is 0 Å². The van der Waals surface area contributed by atoms with Crippen LogP contribution >= 0.6 is 0 Å². The maximum absolute atomic E-state index is 5.87. The normalized spacial score (nSPS) is 20.5.